The Morgan fingerprint density at radius 1 is 0.769 bits per heavy atom. The number of aliphatic hydroxyl groups is 3. The molecule has 0 aromatic carbocycles. The molecule has 302 valence electrons. The number of ether oxygens (including phenoxy) is 2. The average molecular weight is 735 g/mol. The van der Waals surface area contributed by atoms with E-state index in [4.69, 9.17) is 9.47 Å². The highest BCUT2D eigenvalue weighted by Crippen LogP contribution is 2.33. The molecule has 1 rings (SSSR count). The number of allylic oxidation sites excluding steroid dienone is 3. The molecule has 0 radical (unpaired) electrons. The van der Waals surface area contributed by atoms with Crippen molar-refractivity contribution in [1.82, 2.24) is 0 Å². The summed E-state index contributed by atoms with van der Waals surface area (Å²) in [5.74, 6) is -0.553. The number of hydrogen-bond acceptors (Lipinski definition) is 8. The molecule has 8 nitrogen and oxygen atoms in total. The van der Waals surface area contributed by atoms with Crippen molar-refractivity contribution in [2.75, 3.05) is 13.2 Å². The largest absolute Gasteiger partial charge is 0.462 e. The average Bonchev–Trinajstić information content (AvgIpc) is 3.39. The third kappa shape index (κ3) is 25.9. The third-order valence-corrected chi connectivity index (χ3v) is 10.3. The minimum Gasteiger partial charge on any atom is -0.462 e. The van der Waals surface area contributed by atoms with Gasteiger partial charge in [-0.3, -0.25) is 14.4 Å². The van der Waals surface area contributed by atoms with Gasteiger partial charge in [-0.1, -0.05) is 161 Å². The Kier molecular flexibility index (Phi) is 29.9. The predicted octanol–water partition coefficient (Wildman–Crippen LogP) is 9.90. The van der Waals surface area contributed by atoms with E-state index in [2.05, 4.69) is 20.8 Å². The smallest absolute Gasteiger partial charge is 0.306 e. The van der Waals surface area contributed by atoms with E-state index < -0.39 is 36.8 Å². The summed E-state index contributed by atoms with van der Waals surface area (Å²) in [6.45, 7) is 6.17. The van der Waals surface area contributed by atoms with E-state index in [1.54, 1.807) is 12.2 Å². The fourth-order valence-electron chi connectivity index (χ4n) is 6.96. The van der Waals surface area contributed by atoms with Crippen LogP contribution in [0.15, 0.2) is 24.3 Å². The van der Waals surface area contributed by atoms with Crippen molar-refractivity contribution in [1.29, 1.82) is 0 Å². The molecule has 0 bridgehead atoms. The van der Waals surface area contributed by atoms with E-state index in [9.17, 15) is 29.7 Å². The quantitative estimate of drug-likeness (QED) is 0.0338. The molecule has 0 saturated heterocycles. The summed E-state index contributed by atoms with van der Waals surface area (Å²) in [5.41, 5.74) is 0. The van der Waals surface area contributed by atoms with Gasteiger partial charge >= 0.3 is 11.9 Å². The van der Waals surface area contributed by atoms with Crippen LogP contribution in [0.5, 0.6) is 0 Å². The Balaban J connectivity index is 2.06. The van der Waals surface area contributed by atoms with Crippen LogP contribution in [-0.4, -0.2) is 64.6 Å². The molecule has 1 fully saturated rings. The van der Waals surface area contributed by atoms with E-state index in [0.29, 0.717) is 32.1 Å². The maximum Gasteiger partial charge on any atom is 0.306 e. The van der Waals surface area contributed by atoms with Crippen LogP contribution in [0.2, 0.25) is 0 Å². The summed E-state index contributed by atoms with van der Waals surface area (Å²) >= 11 is 0. The summed E-state index contributed by atoms with van der Waals surface area (Å²) < 4.78 is 10.6. The van der Waals surface area contributed by atoms with Gasteiger partial charge < -0.3 is 24.8 Å². The molecular weight excluding hydrogens is 656 g/mol. The number of rotatable bonds is 34. The van der Waals surface area contributed by atoms with Gasteiger partial charge in [0.1, 0.15) is 12.4 Å². The van der Waals surface area contributed by atoms with Crippen molar-refractivity contribution < 1.29 is 39.2 Å². The lowest BCUT2D eigenvalue weighted by Gasteiger charge is -2.17. The molecule has 5 atom stereocenters. The second-order valence-corrected chi connectivity index (χ2v) is 15.7. The molecule has 1 aliphatic carbocycles. The van der Waals surface area contributed by atoms with Crippen LogP contribution < -0.4 is 0 Å². The molecule has 52 heavy (non-hydrogen) atoms. The van der Waals surface area contributed by atoms with E-state index in [-0.39, 0.29) is 37.1 Å². The maximum absolute atomic E-state index is 12.4. The van der Waals surface area contributed by atoms with Gasteiger partial charge in [0.25, 0.3) is 0 Å². The summed E-state index contributed by atoms with van der Waals surface area (Å²) in [5, 5.41) is 30.2. The molecule has 0 unspecified atom stereocenters. The van der Waals surface area contributed by atoms with Gasteiger partial charge in [-0.05, 0) is 38.0 Å². The zero-order valence-corrected chi connectivity index (χ0v) is 33.5. The number of unbranched alkanes of at least 4 members (excludes halogenated alkanes) is 17. The molecule has 8 heteroatoms. The van der Waals surface area contributed by atoms with Crippen molar-refractivity contribution >= 4 is 17.7 Å². The number of aliphatic hydroxyl groups excluding tert-OH is 3. The van der Waals surface area contributed by atoms with Crippen LogP contribution in [0.3, 0.4) is 0 Å². The number of carbonyl (C=O) groups excluding carboxylic acids is 3. The highest BCUT2D eigenvalue weighted by molar-refractivity contribution is 5.86. The van der Waals surface area contributed by atoms with Crippen molar-refractivity contribution in [3.63, 3.8) is 0 Å². The lowest BCUT2D eigenvalue weighted by molar-refractivity contribution is -0.161. The Morgan fingerprint density at radius 3 is 1.90 bits per heavy atom. The molecule has 0 aromatic rings. The van der Waals surface area contributed by atoms with Gasteiger partial charge in [0.2, 0.25) is 0 Å². The second-order valence-electron chi connectivity index (χ2n) is 15.7. The van der Waals surface area contributed by atoms with Crippen LogP contribution >= 0.6 is 0 Å². The topological polar surface area (TPSA) is 130 Å². The Hall–Kier alpha value is -2.03. The standard InChI is InChI=1S/C44H78O8/c1-4-5-21-27-37(46)31-32-40-39(41(47)33-42(40)48)28-23-19-20-24-29-43(49)51-35-38(34-45)52-44(50)30-25-18-16-14-12-10-8-6-7-9-11-13-15-17-22-26-36(2)3/h19,23,31-32,36-41,45-47H,4-18,20-22,24-30,33-35H2,1-3H3/b23-19-,32-31+/t37-,38-,39+,40+,41-/m0/s1. The Labute approximate surface area is 317 Å². The van der Waals surface area contributed by atoms with E-state index >= 15 is 0 Å². The first-order chi connectivity index (χ1) is 25.2. The van der Waals surface area contributed by atoms with Gasteiger partial charge in [0.05, 0.1) is 18.8 Å². The molecule has 0 aliphatic heterocycles. The number of carbonyl (C=O) groups is 3. The SMILES string of the molecule is CCCCC[C@H](O)/C=C/[C@H]1C(=O)C[C@H](O)[C@@H]1C/C=C\CCCC(=O)OC[C@H](CO)OC(=O)CCCCCCCCCCCCCCCCCC(C)C. The van der Waals surface area contributed by atoms with Crippen LogP contribution in [0.1, 0.15) is 188 Å². The van der Waals surface area contributed by atoms with Crippen molar-refractivity contribution in [2.24, 2.45) is 17.8 Å². The zero-order valence-electron chi connectivity index (χ0n) is 33.5. The van der Waals surface area contributed by atoms with Gasteiger partial charge in [-0.2, -0.15) is 0 Å². The number of hydrogen-bond donors (Lipinski definition) is 3. The minimum atomic E-state index is -0.856. The molecule has 1 aliphatic rings. The second kappa shape index (κ2) is 32.4. The highest BCUT2D eigenvalue weighted by Gasteiger charge is 2.39. The number of ketones is 1. The van der Waals surface area contributed by atoms with E-state index in [1.165, 1.54) is 83.5 Å². The molecule has 0 heterocycles. The molecular formula is C44H78O8. The van der Waals surface area contributed by atoms with Crippen LogP contribution in [0.4, 0.5) is 0 Å². The molecule has 1 saturated carbocycles. The molecule has 0 aromatic heterocycles. The highest BCUT2D eigenvalue weighted by atomic mass is 16.6. The zero-order chi connectivity index (χ0) is 38.2. The van der Waals surface area contributed by atoms with Crippen molar-refractivity contribution in [3.8, 4) is 0 Å². The van der Waals surface area contributed by atoms with Crippen LogP contribution in [-0.2, 0) is 23.9 Å². The Bertz CT molecular complexity index is 960. The van der Waals surface area contributed by atoms with E-state index in [0.717, 1.165) is 44.4 Å². The van der Waals surface area contributed by atoms with Crippen molar-refractivity contribution in [2.45, 2.75) is 206 Å². The van der Waals surface area contributed by atoms with Gasteiger partial charge in [0, 0.05) is 31.1 Å². The fourth-order valence-corrected chi connectivity index (χ4v) is 6.96. The fraction of sp³-hybridized carbons (Fsp3) is 0.841. The molecule has 0 amide bonds. The minimum absolute atomic E-state index is 0.00257. The van der Waals surface area contributed by atoms with Crippen LogP contribution in [0.25, 0.3) is 0 Å². The number of esters is 2. The molecule has 3 N–H and O–H groups in total. The molecule has 0 spiro atoms. The lowest BCUT2D eigenvalue weighted by Crippen LogP contribution is -2.28. The first kappa shape index (κ1) is 48.0. The predicted molar refractivity (Wildman–Crippen MR) is 211 cm³/mol. The first-order valence-corrected chi connectivity index (χ1v) is 21.4. The normalized spacial score (nSPS) is 18.9. The summed E-state index contributed by atoms with van der Waals surface area (Å²) in [4.78, 5) is 36.9. The Morgan fingerprint density at radius 2 is 1.33 bits per heavy atom. The number of Topliss-reactive ketones (excluding diaryl/α,β-unsaturated/α-hetero) is 1. The third-order valence-electron chi connectivity index (χ3n) is 10.3. The van der Waals surface area contributed by atoms with Gasteiger partial charge in [-0.25, -0.2) is 0 Å². The van der Waals surface area contributed by atoms with Gasteiger partial charge in [-0.15, -0.1) is 0 Å². The van der Waals surface area contributed by atoms with Crippen LogP contribution in [0, 0.1) is 17.8 Å². The lowest BCUT2D eigenvalue weighted by atomic mass is 9.90. The van der Waals surface area contributed by atoms with E-state index in [1.807, 2.05) is 12.2 Å². The summed E-state index contributed by atoms with van der Waals surface area (Å²) in [7, 11) is 0. The summed E-state index contributed by atoms with van der Waals surface area (Å²) in [6.07, 6.45) is 31.8. The van der Waals surface area contributed by atoms with Crippen molar-refractivity contribution in [3.05, 3.63) is 24.3 Å². The maximum atomic E-state index is 12.4. The first-order valence-electron chi connectivity index (χ1n) is 21.4. The summed E-state index contributed by atoms with van der Waals surface area (Å²) in [6, 6.07) is 0. The van der Waals surface area contributed by atoms with Gasteiger partial charge in [0.15, 0.2) is 6.10 Å². The monoisotopic (exact) mass is 735 g/mol.